The first-order valence-corrected chi connectivity index (χ1v) is 6.22. The van der Waals surface area contributed by atoms with Crippen molar-refractivity contribution in [3.05, 3.63) is 28.7 Å². The van der Waals surface area contributed by atoms with Crippen molar-refractivity contribution in [1.82, 2.24) is 0 Å². The number of halogens is 1. The molecule has 1 aromatic carbocycles. The third-order valence-electron chi connectivity index (χ3n) is 3.12. The lowest BCUT2D eigenvalue weighted by molar-refractivity contribution is -0.125. The smallest absolute Gasteiger partial charge is 0.234 e. The molecular formula is C12H15BrN2O2. The van der Waals surface area contributed by atoms with Gasteiger partial charge < -0.3 is 15.8 Å². The zero-order valence-electron chi connectivity index (χ0n) is 9.57. The van der Waals surface area contributed by atoms with E-state index in [9.17, 15) is 4.79 Å². The van der Waals surface area contributed by atoms with Gasteiger partial charge >= 0.3 is 0 Å². The zero-order chi connectivity index (χ0) is 12.5. The lowest BCUT2D eigenvalue weighted by atomic mass is 9.85. The Morgan fingerprint density at radius 1 is 1.65 bits per heavy atom. The SMILES string of the molecule is CC1(C(=O)Nc2cccc(Br)c2)COCC1N. The number of nitrogens with one attached hydrogen (secondary N) is 1. The van der Waals surface area contributed by atoms with E-state index < -0.39 is 5.41 Å². The molecule has 1 heterocycles. The second kappa shape index (κ2) is 4.76. The van der Waals surface area contributed by atoms with Crippen molar-refractivity contribution in [3.8, 4) is 0 Å². The van der Waals surface area contributed by atoms with Crippen molar-refractivity contribution in [2.75, 3.05) is 18.5 Å². The lowest BCUT2D eigenvalue weighted by Crippen LogP contribution is -2.47. The van der Waals surface area contributed by atoms with E-state index in [0.717, 1.165) is 10.2 Å². The molecule has 5 heteroatoms. The molecule has 2 atom stereocenters. The molecule has 17 heavy (non-hydrogen) atoms. The summed E-state index contributed by atoms with van der Waals surface area (Å²) in [4.78, 5) is 12.2. The number of amides is 1. The van der Waals surface area contributed by atoms with E-state index in [0.29, 0.717) is 13.2 Å². The van der Waals surface area contributed by atoms with Crippen molar-refractivity contribution < 1.29 is 9.53 Å². The summed E-state index contributed by atoms with van der Waals surface area (Å²) in [6.07, 6.45) is 0. The van der Waals surface area contributed by atoms with Crippen LogP contribution in [0.25, 0.3) is 0 Å². The third-order valence-corrected chi connectivity index (χ3v) is 3.61. The summed E-state index contributed by atoms with van der Waals surface area (Å²) in [5, 5.41) is 2.87. The highest BCUT2D eigenvalue weighted by Crippen LogP contribution is 2.29. The van der Waals surface area contributed by atoms with Gasteiger partial charge in [-0.1, -0.05) is 22.0 Å². The van der Waals surface area contributed by atoms with Crippen LogP contribution < -0.4 is 11.1 Å². The van der Waals surface area contributed by atoms with Crippen molar-refractivity contribution in [2.45, 2.75) is 13.0 Å². The summed E-state index contributed by atoms with van der Waals surface area (Å²) in [5.74, 6) is -0.0967. The molecule has 1 amide bonds. The average Bonchev–Trinajstić information content (AvgIpc) is 2.60. The second-order valence-electron chi connectivity index (χ2n) is 4.50. The molecule has 0 saturated carbocycles. The normalized spacial score (nSPS) is 28.1. The van der Waals surface area contributed by atoms with Gasteiger partial charge in [0.05, 0.1) is 18.6 Å². The molecule has 3 N–H and O–H groups in total. The fourth-order valence-corrected chi connectivity index (χ4v) is 2.16. The van der Waals surface area contributed by atoms with Crippen LogP contribution in [0.4, 0.5) is 5.69 Å². The Morgan fingerprint density at radius 2 is 2.41 bits per heavy atom. The second-order valence-corrected chi connectivity index (χ2v) is 5.42. The van der Waals surface area contributed by atoms with Crippen molar-refractivity contribution >= 4 is 27.5 Å². The van der Waals surface area contributed by atoms with Gasteiger partial charge in [-0.3, -0.25) is 4.79 Å². The highest BCUT2D eigenvalue weighted by Gasteiger charge is 2.44. The number of hydrogen-bond donors (Lipinski definition) is 2. The number of carbonyl (C=O) groups excluding carboxylic acids is 1. The molecule has 1 saturated heterocycles. The van der Waals surface area contributed by atoms with Crippen LogP contribution in [0.2, 0.25) is 0 Å². The molecule has 1 aliphatic rings. The zero-order valence-corrected chi connectivity index (χ0v) is 11.2. The highest BCUT2D eigenvalue weighted by atomic mass is 79.9. The van der Waals surface area contributed by atoms with Gasteiger partial charge in [-0.2, -0.15) is 0 Å². The van der Waals surface area contributed by atoms with Crippen molar-refractivity contribution in [3.63, 3.8) is 0 Å². The lowest BCUT2D eigenvalue weighted by Gasteiger charge is -2.25. The number of hydrogen-bond acceptors (Lipinski definition) is 3. The predicted molar refractivity (Wildman–Crippen MR) is 69.7 cm³/mol. The van der Waals surface area contributed by atoms with Crippen LogP contribution in [0, 0.1) is 5.41 Å². The Morgan fingerprint density at radius 3 is 3.00 bits per heavy atom. The summed E-state index contributed by atoms with van der Waals surface area (Å²) < 4.78 is 6.18. The third kappa shape index (κ3) is 2.51. The van der Waals surface area contributed by atoms with E-state index in [4.69, 9.17) is 10.5 Å². The Kier molecular flexibility index (Phi) is 3.51. The first kappa shape index (κ1) is 12.5. The van der Waals surface area contributed by atoms with E-state index >= 15 is 0 Å². The van der Waals surface area contributed by atoms with Crippen LogP contribution in [-0.4, -0.2) is 25.2 Å². The van der Waals surface area contributed by atoms with Crippen LogP contribution in [-0.2, 0) is 9.53 Å². The van der Waals surface area contributed by atoms with Gasteiger partial charge in [-0.25, -0.2) is 0 Å². The molecule has 4 nitrogen and oxygen atoms in total. The average molecular weight is 299 g/mol. The van der Waals surface area contributed by atoms with Crippen LogP contribution in [0.1, 0.15) is 6.92 Å². The first-order chi connectivity index (χ1) is 8.02. The van der Waals surface area contributed by atoms with Gasteiger partial charge in [0.15, 0.2) is 0 Å². The Labute approximate surface area is 109 Å². The van der Waals surface area contributed by atoms with Gasteiger partial charge in [0.2, 0.25) is 5.91 Å². The molecular weight excluding hydrogens is 284 g/mol. The van der Waals surface area contributed by atoms with Crippen LogP contribution in [0.3, 0.4) is 0 Å². The maximum absolute atomic E-state index is 12.2. The highest BCUT2D eigenvalue weighted by molar-refractivity contribution is 9.10. The number of nitrogens with two attached hydrogens (primary N) is 1. The molecule has 1 aromatic rings. The minimum Gasteiger partial charge on any atom is -0.379 e. The molecule has 1 aliphatic heterocycles. The summed E-state index contributed by atoms with van der Waals surface area (Å²) in [5.41, 5.74) is 6.01. The quantitative estimate of drug-likeness (QED) is 0.874. The molecule has 0 bridgehead atoms. The Hall–Kier alpha value is -0.910. The molecule has 2 rings (SSSR count). The van der Waals surface area contributed by atoms with Crippen LogP contribution >= 0.6 is 15.9 Å². The van der Waals surface area contributed by atoms with E-state index in [-0.39, 0.29) is 11.9 Å². The summed E-state index contributed by atoms with van der Waals surface area (Å²) in [7, 11) is 0. The van der Waals surface area contributed by atoms with E-state index in [2.05, 4.69) is 21.2 Å². The monoisotopic (exact) mass is 298 g/mol. The van der Waals surface area contributed by atoms with Gasteiger partial charge in [0, 0.05) is 16.2 Å². The molecule has 0 radical (unpaired) electrons. The number of rotatable bonds is 2. The molecule has 2 unspecified atom stereocenters. The summed E-state index contributed by atoms with van der Waals surface area (Å²) in [6, 6.07) is 7.21. The number of anilines is 1. The van der Waals surface area contributed by atoms with E-state index in [1.165, 1.54) is 0 Å². The first-order valence-electron chi connectivity index (χ1n) is 5.43. The van der Waals surface area contributed by atoms with Crippen LogP contribution in [0.5, 0.6) is 0 Å². The molecule has 0 aromatic heterocycles. The van der Waals surface area contributed by atoms with E-state index in [1.54, 1.807) is 0 Å². The standard InChI is InChI=1S/C12H15BrN2O2/c1-12(7-17-6-10(12)14)11(16)15-9-4-2-3-8(13)5-9/h2-5,10H,6-7,14H2,1H3,(H,15,16). The molecule has 1 fully saturated rings. The molecule has 92 valence electrons. The van der Waals surface area contributed by atoms with E-state index in [1.807, 2.05) is 31.2 Å². The minimum absolute atomic E-state index is 0.0967. The number of ether oxygens (including phenoxy) is 1. The maximum atomic E-state index is 12.2. The van der Waals surface area contributed by atoms with Crippen LogP contribution in [0.15, 0.2) is 28.7 Å². The maximum Gasteiger partial charge on any atom is 0.234 e. The topological polar surface area (TPSA) is 64.3 Å². The van der Waals surface area contributed by atoms with Gasteiger partial charge in [-0.15, -0.1) is 0 Å². The number of carbonyl (C=O) groups is 1. The van der Waals surface area contributed by atoms with Gasteiger partial charge in [0.25, 0.3) is 0 Å². The fourth-order valence-electron chi connectivity index (χ4n) is 1.76. The van der Waals surface area contributed by atoms with Crippen molar-refractivity contribution in [1.29, 1.82) is 0 Å². The molecule has 0 spiro atoms. The summed E-state index contributed by atoms with van der Waals surface area (Å²) in [6.45, 7) is 2.63. The largest absolute Gasteiger partial charge is 0.379 e. The minimum atomic E-state index is -0.650. The Balaban J connectivity index is 2.12. The van der Waals surface area contributed by atoms with Crippen molar-refractivity contribution in [2.24, 2.45) is 11.1 Å². The predicted octanol–water partition coefficient (Wildman–Crippen LogP) is 1.75. The number of benzene rings is 1. The Bertz CT molecular complexity index is 438. The van der Waals surface area contributed by atoms with Gasteiger partial charge in [0.1, 0.15) is 0 Å². The van der Waals surface area contributed by atoms with Gasteiger partial charge in [-0.05, 0) is 25.1 Å². The molecule has 0 aliphatic carbocycles. The fraction of sp³-hybridized carbons (Fsp3) is 0.417. The summed E-state index contributed by atoms with van der Waals surface area (Å²) >= 11 is 3.36.